The molecule has 0 bridgehead atoms. The number of alkyl carbamates (subject to hydrolysis) is 1. The average molecular weight is 592 g/mol. The predicted molar refractivity (Wildman–Crippen MR) is 152 cm³/mol. The highest BCUT2D eigenvalue weighted by molar-refractivity contribution is 6.04. The van der Waals surface area contributed by atoms with Gasteiger partial charge in [-0.2, -0.15) is 0 Å². The molecule has 0 unspecified atom stereocenters. The largest absolute Gasteiger partial charge is 0.480 e. The number of furan rings is 1. The monoisotopic (exact) mass is 591 g/mol. The molecule has 1 saturated heterocycles. The van der Waals surface area contributed by atoms with Crippen molar-refractivity contribution in [2.75, 3.05) is 38.0 Å². The molecule has 2 aromatic carbocycles. The number of benzene rings is 2. The van der Waals surface area contributed by atoms with Crippen molar-refractivity contribution in [1.29, 1.82) is 0 Å². The molecule has 1 aliphatic heterocycles. The summed E-state index contributed by atoms with van der Waals surface area (Å²) < 4.78 is 10.5. The van der Waals surface area contributed by atoms with Crippen LogP contribution in [-0.2, 0) is 25.7 Å². The van der Waals surface area contributed by atoms with Crippen LogP contribution in [0.3, 0.4) is 0 Å². The summed E-state index contributed by atoms with van der Waals surface area (Å²) in [6.07, 6.45) is 0.950. The summed E-state index contributed by atoms with van der Waals surface area (Å²) in [6, 6.07) is 12.6. The van der Waals surface area contributed by atoms with E-state index in [1.165, 1.54) is 11.2 Å². The maximum atomic E-state index is 12.7. The number of para-hydroxylation sites is 3. The van der Waals surface area contributed by atoms with Crippen molar-refractivity contribution < 1.29 is 38.2 Å². The van der Waals surface area contributed by atoms with E-state index in [4.69, 9.17) is 9.15 Å². The molecule has 0 aliphatic carbocycles. The number of H-pyrrole nitrogens is 1. The fraction of sp³-hybridized carbons (Fsp3) is 0.286. The number of carbonyl (C=O) groups excluding carboxylic acids is 4. The Balaban J connectivity index is 1.03. The van der Waals surface area contributed by atoms with Crippen molar-refractivity contribution in [2.45, 2.75) is 19.1 Å². The van der Waals surface area contributed by atoms with Crippen molar-refractivity contribution in [1.82, 2.24) is 30.4 Å². The van der Waals surface area contributed by atoms with E-state index in [0.29, 0.717) is 30.1 Å². The number of rotatable bonds is 13. The van der Waals surface area contributed by atoms with Crippen molar-refractivity contribution >= 4 is 57.9 Å². The topological polar surface area (TPSA) is 199 Å². The zero-order valence-corrected chi connectivity index (χ0v) is 22.9. The third kappa shape index (κ3) is 7.01. The van der Waals surface area contributed by atoms with Crippen LogP contribution in [-0.4, -0.2) is 93.5 Å². The van der Waals surface area contributed by atoms with Crippen molar-refractivity contribution in [2.24, 2.45) is 0 Å². The summed E-state index contributed by atoms with van der Waals surface area (Å²) in [5.74, 6) is -2.13. The molecular formula is C28H29N7O8. The molecule has 5 rings (SSSR count). The van der Waals surface area contributed by atoms with Gasteiger partial charge in [-0.3, -0.25) is 14.5 Å². The molecule has 3 heterocycles. The number of nitrogens with one attached hydrogen (secondary N) is 4. The number of hydrogen-bond donors (Lipinski definition) is 5. The lowest BCUT2D eigenvalue weighted by atomic mass is 10.2. The van der Waals surface area contributed by atoms with Gasteiger partial charge in [-0.1, -0.05) is 30.3 Å². The first-order valence-electron chi connectivity index (χ1n) is 13.4. The Labute approximate surface area is 244 Å². The predicted octanol–water partition coefficient (Wildman–Crippen LogP) is 1.87. The fourth-order valence-corrected chi connectivity index (χ4v) is 4.52. The first-order valence-corrected chi connectivity index (χ1v) is 13.4. The van der Waals surface area contributed by atoms with E-state index >= 15 is 0 Å². The van der Waals surface area contributed by atoms with Crippen LogP contribution in [0.25, 0.3) is 22.0 Å². The molecule has 0 spiro atoms. The number of anilines is 1. The lowest BCUT2D eigenvalue weighted by Gasteiger charge is -2.18. The van der Waals surface area contributed by atoms with Gasteiger partial charge < -0.3 is 40.1 Å². The van der Waals surface area contributed by atoms with Crippen LogP contribution >= 0.6 is 0 Å². The molecule has 15 heteroatoms. The van der Waals surface area contributed by atoms with Crippen LogP contribution in [0.2, 0.25) is 0 Å². The van der Waals surface area contributed by atoms with E-state index < -0.39 is 49.0 Å². The van der Waals surface area contributed by atoms with Crippen LogP contribution in [0.1, 0.15) is 12.0 Å². The second kappa shape index (κ2) is 12.9. The van der Waals surface area contributed by atoms with E-state index in [1.807, 2.05) is 24.3 Å². The average Bonchev–Trinajstić information content (AvgIpc) is 3.68. The number of carboxylic acid groups (broad SMARTS) is 1. The second-order valence-corrected chi connectivity index (χ2v) is 9.74. The first kappa shape index (κ1) is 28.9. The summed E-state index contributed by atoms with van der Waals surface area (Å²) in [5, 5.41) is 17.9. The highest BCUT2D eigenvalue weighted by Gasteiger charge is 2.36. The summed E-state index contributed by atoms with van der Waals surface area (Å²) in [5.41, 5.74) is 2.93. The van der Waals surface area contributed by atoms with E-state index in [0.717, 1.165) is 21.3 Å². The fourth-order valence-electron chi connectivity index (χ4n) is 4.52. The van der Waals surface area contributed by atoms with Crippen LogP contribution < -0.4 is 16.0 Å². The van der Waals surface area contributed by atoms with Crippen LogP contribution in [0.4, 0.5) is 15.5 Å². The number of imide groups is 1. The van der Waals surface area contributed by atoms with Gasteiger partial charge in [0, 0.05) is 30.6 Å². The third-order valence-electron chi connectivity index (χ3n) is 6.73. The number of aromatic nitrogens is 2. The summed E-state index contributed by atoms with van der Waals surface area (Å²) in [4.78, 5) is 71.1. The smallest absolute Gasteiger partial charge is 0.408 e. The lowest BCUT2D eigenvalue weighted by Crippen LogP contribution is -2.50. The van der Waals surface area contributed by atoms with Crippen LogP contribution in [0.5, 0.6) is 0 Å². The minimum absolute atomic E-state index is 0.160. The molecule has 15 nitrogen and oxygen atoms in total. The van der Waals surface area contributed by atoms with E-state index in [2.05, 4.69) is 25.9 Å². The van der Waals surface area contributed by atoms with Gasteiger partial charge in [0.25, 0.3) is 5.91 Å². The van der Waals surface area contributed by atoms with Gasteiger partial charge in [-0.05, 0) is 24.6 Å². The van der Waals surface area contributed by atoms with E-state index in [9.17, 15) is 29.1 Å². The molecular weight excluding hydrogens is 562 g/mol. The van der Waals surface area contributed by atoms with Gasteiger partial charge in [-0.25, -0.2) is 19.4 Å². The minimum atomic E-state index is -1.52. The minimum Gasteiger partial charge on any atom is -0.480 e. The molecule has 1 atom stereocenters. The standard InChI is InChI=1S/C28H29N7O8/c36-23(30-12-21(25(38)39)33-27(40)43-16-17-15-42-22-9-4-1-6-18(17)22)13-35-24(37)14-34(28(35)41)11-5-10-29-26-31-19-7-2-3-8-20(19)32-26/h1-4,6-9,15,21H,5,10-14,16H2,(H,30,36)(H,33,40)(H,38,39)(H2,29,31,32)/t21-/m0/s1. The van der Waals surface area contributed by atoms with Crippen LogP contribution in [0, 0.1) is 0 Å². The molecule has 5 amide bonds. The summed E-state index contributed by atoms with van der Waals surface area (Å²) >= 11 is 0. The number of fused-ring (bicyclic) bond motifs is 2. The van der Waals surface area contributed by atoms with E-state index in [-0.39, 0.29) is 19.7 Å². The molecule has 43 heavy (non-hydrogen) atoms. The number of urea groups is 1. The molecule has 4 aromatic rings. The van der Waals surface area contributed by atoms with Gasteiger partial charge in [0.05, 0.1) is 17.3 Å². The summed E-state index contributed by atoms with van der Waals surface area (Å²) in [7, 11) is 0. The second-order valence-electron chi connectivity index (χ2n) is 9.74. The quantitative estimate of drug-likeness (QED) is 0.113. The van der Waals surface area contributed by atoms with Gasteiger partial charge in [0.15, 0.2) is 0 Å². The zero-order valence-electron chi connectivity index (χ0n) is 22.9. The number of ether oxygens (including phenoxy) is 1. The number of carboxylic acids is 1. The normalized spacial score (nSPS) is 13.9. The van der Waals surface area contributed by atoms with Crippen molar-refractivity contribution in [3.05, 3.63) is 60.4 Å². The maximum Gasteiger partial charge on any atom is 0.408 e. The number of aromatic amines is 1. The lowest BCUT2D eigenvalue weighted by molar-refractivity contribution is -0.139. The van der Waals surface area contributed by atoms with E-state index in [1.54, 1.807) is 24.3 Å². The van der Waals surface area contributed by atoms with Crippen LogP contribution in [0.15, 0.2) is 59.2 Å². The number of aliphatic carboxylic acids is 1. The number of carbonyl (C=O) groups is 5. The molecule has 5 N–H and O–H groups in total. The Kier molecular flexibility index (Phi) is 8.69. The van der Waals surface area contributed by atoms with Gasteiger partial charge in [0.1, 0.15) is 31.3 Å². The molecule has 0 saturated carbocycles. The molecule has 1 fully saturated rings. The van der Waals surface area contributed by atoms with Crippen molar-refractivity contribution in [3.63, 3.8) is 0 Å². The Bertz CT molecular complexity index is 1630. The number of hydrogen-bond acceptors (Lipinski definition) is 9. The highest BCUT2D eigenvalue weighted by atomic mass is 16.5. The molecule has 2 aromatic heterocycles. The Morgan fingerprint density at radius 3 is 2.72 bits per heavy atom. The first-order chi connectivity index (χ1) is 20.8. The highest BCUT2D eigenvalue weighted by Crippen LogP contribution is 2.21. The molecule has 224 valence electrons. The molecule has 1 aliphatic rings. The molecule has 0 radical (unpaired) electrons. The summed E-state index contributed by atoms with van der Waals surface area (Å²) in [6.45, 7) is -0.650. The van der Waals surface area contributed by atoms with Crippen molar-refractivity contribution in [3.8, 4) is 0 Å². The Morgan fingerprint density at radius 2 is 1.91 bits per heavy atom. The maximum absolute atomic E-state index is 12.7. The SMILES string of the molecule is O=C(CN1C(=O)CN(CCCNc2nc3ccccc3[nH]2)C1=O)NC[C@H](NC(=O)OCc1coc2ccccc12)C(=O)O. The Morgan fingerprint density at radius 1 is 1.12 bits per heavy atom. The zero-order chi connectivity index (χ0) is 30.3. The van der Waals surface area contributed by atoms with Gasteiger partial charge in [0.2, 0.25) is 11.9 Å². The number of nitrogens with zero attached hydrogens (tertiary/aromatic N) is 3. The number of amides is 5. The Hall–Kier alpha value is -5.60. The van der Waals surface area contributed by atoms with Gasteiger partial charge in [-0.15, -0.1) is 0 Å². The van der Waals surface area contributed by atoms with Gasteiger partial charge >= 0.3 is 18.1 Å². The number of imidazole rings is 1. The third-order valence-corrected chi connectivity index (χ3v) is 6.73.